The molecule has 0 saturated heterocycles. The van der Waals surface area contributed by atoms with Gasteiger partial charge in [-0.25, -0.2) is 0 Å². The van der Waals surface area contributed by atoms with E-state index in [1.165, 1.54) is 12.1 Å². The van der Waals surface area contributed by atoms with Crippen molar-refractivity contribution in [1.29, 1.82) is 0 Å². The van der Waals surface area contributed by atoms with Crippen LogP contribution in [0.2, 0.25) is 0 Å². The van der Waals surface area contributed by atoms with Gasteiger partial charge in [0.1, 0.15) is 0 Å². The predicted octanol–water partition coefficient (Wildman–Crippen LogP) is 3.79. The van der Waals surface area contributed by atoms with Crippen LogP contribution in [0, 0.1) is 10.1 Å². The zero-order chi connectivity index (χ0) is 19.2. The molecule has 0 spiro atoms. The SMILES string of the molecule is CCN(C(=O)CSc1nnc(-c2ccc([N+](=O)[O-])cc2)o1)c1ccccc1. The molecule has 0 radical (unpaired) electrons. The summed E-state index contributed by atoms with van der Waals surface area (Å²) in [4.78, 5) is 24.4. The van der Waals surface area contributed by atoms with E-state index in [1.807, 2.05) is 37.3 Å². The molecule has 0 unspecified atom stereocenters. The normalized spacial score (nSPS) is 10.6. The maximum absolute atomic E-state index is 12.5. The third-order valence-electron chi connectivity index (χ3n) is 3.74. The van der Waals surface area contributed by atoms with Crippen LogP contribution in [-0.4, -0.2) is 33.3 Å². The van der Waals surface area contributed by atoms with Crippen molar-refractivity contribution in [3.05, 3.63) is 64.7 Å². The second-order valence-electron chi connectivity index (χ2n) is 5.44. The number of hydrogen-bond donors (Lipinski definition) is 0. The molecule has 0 fully saturated rings. The van der Waals surface area contributed by atoms with Crippen LogP contribution >= 0.6 is 11.8 Å². The summed E-state index contributed by atoms with van der Waals surface area (Å²) < 4.78 is 5.54. The topological polar surface area (TPSA) is 102 Å². The molecule has 9 heteroatoms. The summed E-state index contributed by atoms with van der Waals surface area (Å²) in [6, 6.07) is 15.2. The largest absolute Gasteiger partial charge is 0.411 e. The summed E-state index contributed by atoms with van der Waals surface area (Å²) in [6.45, 7) is 2.47. The quantitative estimate of drug-likeness (QED) is 0.347. The van der Waals surface area contributed by atoms with Crippen LogP contribution in [-0.2, 0) is 4.79 Å². The van der Waals surface area contributed by atoms with E-state index in [0.717, 1.165) is 17.4 Å². The highest BCUT2D eigenvalue weighted by Gasteiger charge is 2.17. The molecule has 3 aromatic rings. The van der Waals surface area contributed by atoms with Gasteiger partial charge in [-0.2, -0.15) is 0 Å². The molecule has 3 rings (SSSR count). The van der Waals surface area contributed by atoms with Crippen LogP contribution < -0.4 is 4.90 Å². The van der Waals surface area contributed by atoms with Gasteiger partial charge in [-0.15, -0.1) is 10.2 Å². The van der Waals surface area contributed by atoms with Crippen molar-refractivity contribution in [3.8, 4) is 11.5 Å². The molecule has 0 aliphatic rings. The first-order valence-corrected chi connectivity index (χ1v) is 9.13. The van der Waals surface area contributed by atoms with Gasteiger partial charge in [0.15, 0.2) is 0 Å². The first kappa shape index (κ1) is 18.6. The van der Waals surface area contributed by atoms with Crippen molar-refractivity contribution in [3.63, 3.8) is 0 Å². The number of hydrogen-bond acceptors (Lipinski definition) is 7. The standard InChI is InChI=1S/C18H16N4O4S/c1-2-21(14-6-4-3-5-7-14)16(23)12-27-18-20-19-17(26-18)13-8-10-15(11-9-13)22(24)25/h3-11H,2,12H2,1H3. The molecule has 2 aromatic carbocycles. The van der Waals surface area contributed by atoms with Gasteiger partial charge in [-0.05, 0) is 31.2 Å². The highest BCUT2D eigenvalue weighted by molar-refractivity contribution is 7.99. The van der Waals surface area contributed by atoms with E-state index in [4.69, 9.17) is 4.42 Å². The van der Waals surface area contributed by atoms with E-state index in [1.54, 1.807) is 17.0 Å². The van der Waals surface area contributed by atoms with Gasteiger partial charge in [0, 0.05) is 29.9 Å². The predicted molar refractivity (Wildman–Crippen MR) is 102 cm³/mol. The fourth-order valence-electron chi connectivity index (χ4n) is 2.42. The Morgan fingerprint density at radius 1 is 1.15 bits per heavy atom. The van der Waals surface area contributed by atoms with E-state index < -0.39 is 4.92 Å². The zero-order valence-corrected chi connectivity index (χ0v) is 15.3. The van der Waals surface area contributed by atoms with Crippen LogP contribution in [0.5, 0.6) is 0 Å². The Morgan fingerprint density at radius 2 is 1.85 bits per heavy atom. The van der Waals surface area contributed by atoms with Crippen LogP contribution in [0.1, 0.15) is 6.92 Å². The van der Waals surface area contributed by atoms with Gasteiger partial charge in [0.25, 0.3) is 10.9 Å². The Hall–Kier alpha value is -3.20. The Balaban J connectivity index is 1.63. The molecule has 0 bridgehead atoms. The van der Waals surface area contributed by atoms with Crippen LogP contribution in [0.3, 0.4) is 0 Å². The van der Waals surface area contributed by atoms with Gasteiger partial charge in [0.05, 0.1) is 10.7 Å². The number of carbonyl (C=O) groups is 1. The maximum atomic E-state index is 12.5. The monoisotopic (exact) mass is 384 g/mol. The summed E-state index contributed by atoms with van der Waals surface area (Å²) in [5.74, 6) is 0.337. The average Bonchev–Trinajstić information content (AvgIpc) is 3.17. The highest BCUT2D eigenvalue weighted by Crippen LogP contribution is 2.25. The second kappa shape index (κ2) is 8.45. The van der Waals surface area contributed by atoms with E-state index in [9.17, 15) is 14.9 Å². The van der Waals surface area contributed by atoms with Gasteiger partial charge in [-0.1, -0.05) is 30.0 Å². The fraction of sp³-hybridized carbons (Fsp3) is 0.167. The zero-order valence-electron chi connectivity index (χ0n) is 14.4. The number of anilines is 1. The van der Waals surface area contributed by atoms with Crippen molar-refractivity contribution < 1.29 is 14.1 Å². The summed E-state index contributed by atoms with van der Waals surface area (Å²) >= 11 is 1.15. The molecule has 138 valence electrons. The molecule has 1 heterocycles. The number of nitrogens with zero attached hydrogens (tertiary/aromatic N) is 4. The lowest BCUT2D eigenvalue weighted by Crippen LogP contribution is -2.32. The molecule has 8 nitrogen and oxygen atoms in total. The summed E-state index contributed by atoms with van der Waals surface area (Å²) in [7, 11) is 0. The van der Waals surface area contributed by atoms with E-state index in [0.29, 0.717) is 12.1 Å². The van der Waals surface area contributed by atoms with Crippen molar-refractivity contribution in [1.82, 2.24) is 10.2 Å². The lowest BCUT2D eigenvalue weighted by Gasteiger charge is -2.20. The van der Waals surface area contributed by atoms with Gasteiger partial charge in [-0.3, -0.25) is 14.9 Å². The van der Waals surface area contributed by atoms with E-state index in [-0.39, 0.29) is 28.5 Å². The number of nitro benzene ring substituents is 1. The molecule has 1 amide bonds. The van der Waals surface area contributed by atoms with Crippen LogP contribution in [0.15, 0.2) is 64.2 Å². The third-order valence-corrected chi connectivity index (χ3v) is 4.54. The van der Waals surface area contributed by atoms with Crippen LogP contribution in [0.4, 0.5) is 11.4 Å². The number of aromatic nitrogens is 2. The maximum Gasteiger partial charge on any atom is 0.277 e. The minimum atomic E-state index is -0.475. The second-order valence-corrected chi connectivity index (χ2v) is 6.37. The lowest BCUT2D eigenvalue weighted by atomic mass is 10.2. The summed E-state index contributed by atoms with van der Waals surface area (Å²) in [5, 5.41) is 18.8. The average molecular weight is 384 g/mol. The number of amides is 1. The lowest BCUT2D eigenvalue weighted by molar-refractivity contribution is -0.384. The Bertz CT molecular complexity index is 928. The smallest absolute Gasteiger partial charge is 0.277 e. The van der Waals surface area contributed by atoms with E-state index >= 15 is 0 Å². The number of rotatable bonds is 7. The van der Waals surface area contributed by atoms with Crippen molar-refractivity contribution in [2.45, 2.75) is 12.1 Å². The molecule has 0 aliphatic heterocycles. The number of nitro groups is 1. The van der Waals surface area contributed by atoms with Crippen molar-refractivity contribution >= 4 is 29.0 Å². The van der Waals surface area contributed by atoms with Crippen LogP contribution in [0.25, 0.3) is 11.5 Å². The Kier molecular flexibility index (Phi) is 5.82. The molecular formula is C18H16N4O4S. The minimum Gasteiger partial charge on any atom is -0.411 e. The number of non-ortho nitro benzene ring substituents is 1. The van der Waals surface area contributed by atoms with Gasteiger partial charge >= 0.3 is 0 Å². The van der Waals surface area contributed by atoms with Crippen molar-refractivity contribution in [2.75, 3.05) is 17.2 Å². The molecular weight excluding hydrogens is 368 g/mol. The molecule has 0 N–H and O–H groups in total. The highest BCUT2D eigenvalue weighted by atomic mass is 32.2. The number of benzene rings is 2. The Morgan fingerprint density at radius 3 is 2.48 bits per heavy atom. The molecule has 0 atom stereocenters. The molecule has 27 heavy (non-hydrogen) atoms. The Labute approximate surface area is 159 Å². The van der Waals surface area contributed by atoms with Crippen molar-refractivity contribution in [2.24, 2.45) is 0 Å². The van der Waals surface area contributed by atoms with Gasteiger partial charge in [0.2, 0.25) is 11.8 Å². The fourth-order valence-corrected chi connectivity index (χ4v) is 3.06. The number of carbonyl (C=O) groups excluding carboxylic acids is 1. The minimum absolute atomic E-state index is 0.0148. The third kappa shape index (κ3) is 4.50. The molecule has 1 aromatic heterocycles. The summed E-state index contributed by atoms with van der Waals surface area (Å²) in [6.07, 6.45) is 0. The first-order chi connectivity index (χ1) is 13.1. The number of para-hydroxylation sites is 1. The molecule has 0 aliphatic carbocycles. The van der Waals surface area contributed by atoms with Gasteiger partial charge < -0.3 is 9.32 Å². The summed E-state index contributed by atoms with van der Waals surface area (Å²) in [5.41, 5.74) is 1.40. The number of thioether (sulfide) groups is 1. The van der Waals surface area contributed by atoms with E-state index in [2.05, 4.69) is 10.2 Å². The molecule has 0 saturated carbocycles. The first-order valence-electron chi connectivity index (χ1n) is 8.15.